The first-order valence-electron chi connectivity index (χ1n) is 5.91. The molecule has 0 unspecified atom stereocenters. The molecule has 0 aromatic rings. The maximum Gasteiger partial charge on any atom is 0.408 e. The maximum atomic E-state index is 11.4. The van der Waals surface area contributed by atoms with E-state index in [2.05, 4.69) is 16.7 Å². The van der Waals surface area contributed by atoms with Gasteiger partial charge in [-0.15, -0.1) is 0 Å². The Bertz CT molecular complexity index is 375. The zero-order chi connectivity index (χ0) is 13.8. The molecular weight excluding hydrogens is 234 g/mol. The number of nitrogens with zero attached hydrogens (tertiary/aromatic N) is 1. The van der Waals surface area contributed by atoms with Crippen LogP contribution in [0.4, 0.5) is 4.79 Å². The van der Waals surface area contributed by atoms with Gasteiger partial charge in [0.15, 0.2) is 0 Å². The van der Waals surface area contributed by atoms with Gasteiger partial charge in [0.1, 0.15) is 5.60 Å². The molecule has 0 aromatic heterocycles. The van der Waals surface area contributed by atoms with Gasteiger partial charge < -0.3 is 15.4 Å². The average Bonchev–Trinajstić information content (AvgIpc) is 3.02. The van der Waals surface area contributed by atoms with Gasteiger partial charge in [0.05, 0.1) is 18.0 Å². The smallest absolute Gasteiger partial charge is 0.408 e. The number of rotatable bonds is 4. The van der Waals surface area contributed by atoms with Crippen LogP contribution in [0.25, 0.3) is 0 Å². The molecule has 0 radical (unpaired) electrons. The molecule has 6 heteroatoms. The molecule has 1 aliphatic carbocycles. The molecule has 0 saturated heterocycles. The Kier molecular flexibility index (Phi) is 4.17. The van der Waals surface area contributed by atoms with E-state index < -0.39 is 11.7 Å². The molecule has 0 aliphatic heterocycles. The predicted molar refractivity (Wildman–Crippen MR) is 64.5 cm³/mol. The van der Waals surface area contributed by atoms with Gasteiger partial charge in [-0.05, 0) is 33.6 Å². The summed E-state index contributed by atoms with van der Waals surface area (Å²) in [6.07, 6.45) is 1.02. The highest BCUT2D eigenvalue weighted by atomic mass is 16.6. The van der Waals surface area contributed by atoms with Gasteiger partial charge in [0.25, 0.3) is 0 Å². The van der Waals surface area contributed by atoms with Gasteiger partial charge in [-0.1, -0.05) is 0 Å². The van der Waals surface area contributed by atoms with Crippen molar-refractivity contribution in [2.45, 2.75) is 39.2 Å². The van der Waals surface area contributed by atoms with Crippen molar-refractivity contribution in [1.29, 1.82) is 5.26 Å². The molecule has 1 fully saturated rings. The van der Waals surface area contributed by atoms with E-state index in [0.717, 1.165) is 12.8 Å². The molecule has 1 aliphatic rings. The van der Waals surface area contributed by atoms with Crippen LogP contribution in [0.5, 0.6) is 0 Å². The van der Waals surface area contributed by atoms with Crippen molar-refractivity contribution in [3.05, 3.63) is 0 Å². The highest BCUT2D eigenvalue weighted by Gasteiger charge is 2.43. The number of carbonyl (C=O) groups excluding carboxylic acids is 2. The molecule has 0 aromatic carbocycles. The fraction of sp³-hybridized carbons (Fsp3) is 0.750. The first kappa shape index (κ1) is 14.3. The summed E-state index contributed by atoms with van der Waals surface area (Å²) in [4.78, 5) is 22.7. The van der Waals surface area contributed by atoms with Crippen LogP contribution in [-0.2, 0) is 9.53 Å². The van der Waals surface area contributed by atoms with E-state index in [1.807, 2.05) is 0 Å². The van der Waals surface area contributed by atoms with Gasteiger partial charge in [0.2, 0.25) is 5.91 Å². The molecule has 0 bridgehead atoms. The molecule has 0 atom stereocenters. The van der Waals surface area contributed by atoms with Gasteiger partial charge in [-0.3, -0.25) is 4.79 Å². The van der Waals surface area contributed by atoms with E-state index in [4.69, 9.17) is 10.00 Å². The molecule has 1 rings (SSSR count). The summed E-state index contributed by atoms with van der Waals surface area (Å²) in [7, 11) is 0. The fourth-order valence-electron chi connectivity index (χ4n) is 1.28. The van der Waals surface area contributed by atoms with E-state index in [1.165, 1.54) is 0 Å². The molecule has 0 spiro atoms. The Labute approximate surface area is 107 Å². The number of amides is 2. The lowest BCUT2D eigenvalue weighted by Gasteiger charge is -2.19. The third kappa shape index (κ3) is 5.04. The van der Waals surface area contributed by atoms with E-state index in [-0.39, 0.29) is 17.9 Å². The summed E-state index contributed by atoms with van der Waals surface area (Å²) in [5.74, 6) is -0.317. The van der Waals surface area contributed by atoms with Crippen LogP contribution < -0.4 is 10.6 Å². The van der Waals surface area contributed by atoms with Gasteiger partial charge in [0, 0.05) is 6.54 Å². The summed E-state index contributed by atoms with van der Waals surface area (Å²) >= 11 is 0. The molecule has 2 amide bonds. The number of hydrogen-bond donors (Lipinski definition) is 2. The Morgan fingerprint density at radius 3 is 2.39 bits per heavy atom. The SMILES string of the molecule is CC(C)(C)OC(=O)NCC(=O)NCC1(C#N)CC1. The van der Waals surface area contributed by atoms with Gasteiger partial charge in [-0.2, -0.15) is 5.26 Å². The lowest BCUT2D eigenvalue weighted by Crippen LogP contribution is -2.41. The predicted octanol–water partition coefficient (Wildman–Crippen LogP) is 0.931. The van der Waals surface area contributed by atoms with E-state index in [0.29, 0.717) is 6.54 Å². The second kappa shape index (κ2) is 5.25. The molecule has 6 nitrogen and oxygen atoms in total. The van der Waals surface area contributed by atoms with Crippen molar-refractivity contribution >= 4 is 12.0 Å². The lowest BCUT2D eigenvalue weighted by molar-refractivity contribution is -0.120. The Morgan fingerprint density at radius 2 is 1.94 bits per heavy atom. The number of nitrogens with one attached hydrogen (secondary N) is 2. The van der Waals surface area contributed by atoms with Crippen LogP contribution in [0.3, 0.4) is 0 Å². The number of ether oxygens (including phenoxy) is 1. The molecule has 100 valence electrons. The number of carbonyl (C=O) groups is 2. The molecule has 2 N–H and O–H groups in total. The second-order valence-corrected chi connectivity index (χ2v) is 5.52. The summed E-state index contributed by atoms with van der Waals surface area (Å²) in [5, 5.41) is 13.8. The molecule has 18 heavy (non-hydrogen) atoms. The standard InChI is InChI=1S/C12H19N3O3/c1-11(2,3)18-10(17)14-6-9(16)15-8-12(7-13)4-5-12/h4-6,8H2,1-3H3,(H,14,17)(H,15,16). The van der Waals surface area contributed by atoms with Crippen molar-refractivity contribution in [2.75, 3.05) is 13.1 Å². The summed E-state index contributed by atoms with van der Waals surface area (Å²) in [5.41, 5.74) is -0.957. The Morgan fingerprint density at radius 1 is 1.33 bits per heavy atom. The highest BCUT2D eigenvalue weighted by molar-refractivity contribution is 5.82. The zero-order valence-corrected chi connectivity index (χ0v) is 11.0. The first-order chi connectivity index (χ1) is 8.26. The van der Waals surface area contributed by atoms with Crippen molar-refractivity contribution in [2.24, 2.45) is 5.41 Å². The van der Waals surface area contributed by atoms with Crippen LogP contribution >= 0.6 is 0 Å². The third-order valence-electron chi connectivity index (χ3n) is 2.51. The van der Waals surface area contributed by atoms with E-state index in [1.54, 1.807) is 20.8 Å². The number of nitriles is 1. The normalized spacial score (nSPS) is 16.3. The lowest BCUT2D eigenvalue weighted by atomic mass is 10.1. The maximum absolute atomic E-state index is 11.4. The number of alkyl carbamates (subject to hydrolysis) is 1. The fourth-order valence-corrected chi connectivity index (χ4v) is 1.28. The minimum atomic E-state index is -0.626. The largest absolute Gasteiger partial charge is 0.444 e. The average molecular weight is 253 g/mol. The van der Waals surface area contributed by atoms with Crippen LogP contribution in [0, 0.1) is 16.7 Å². The van der Waals surface area contributed by atoms with Crippen LogP contribution in [-0.4, -0.2) is 30.7 Å². The quantitative estimate of drug-likeness (QED) is 0.779. The van der Waals surface area contributed by atoms with Crippen molar-refractivity contribution < 1.29 is 14.3 Å². The molecule has 0 heterocycles. The van der Waals surface area contributed by atoms with Crippen LogP contribution in [0.15, 0.2) is 0 Å². The van der Waals surface area contributed by atoms with Crippen LogP contribution in [0.2, 0.25) is 0 Å². The zero-order valence-electron chi connectivity index (χ0n) is 11.0. The van der Waals surface area contributed by atoms with E-state index >= 15 is 0 Å². The first-order valence-corrected chi connectivity index (χ1v) is 5.91. The molecular formula is C12H19N3O3. The Hall–Kier alpha value is -1.77. The van der Waals surface area contributed by atoms with Crippen LogP contribution in [0.1, 0.15) is 33.6 Å². The summed E-state index contributed by atoms with van der Waals surface area (Å²) in [6, 6.07) is 2.18. The Balaban J connectivity index is 2.18. The van der Waals surface area contributed by atoms with Gasteiger partial charge >= 0.3 is 6.09 Å². The second-order valence-electron chi connectivity index (χ2n) is 5.52. The minimum absolute atomic E-state index is 0.142. The number of hydrogen-bond acceptors (Lipinski definition) is 4. The third-order valence-corrected chi connectivity index (χ3v) is 2.51. The summed E-state index contributed by atoms with van der Waals surface area (Å²) in [6.45, 7) is 5.44. The molecule has 1 saturated carbocycles. The summed E-state index contributed by atoms with van der Waals surface area (Å²) < 4.78 is 4.98. The van der Waals surface area contributed by atoms with E-state index in [9.17, 15) is 9.59 Å². The topological polar surface area (TPSA) is 91.2 Å². The highest BCUT2D eigenvalue weighted by Crippen LogP contribution is 2.43. The van der Waals surface area contributed by atoms with Crippen molar-refractivity contribution in [3.63, 3.8) is 0 Å². The van der Waals surface area contributed by atoms with Crippen molar-refractivity contribution in [3.8, 4) is 6.07 Å². The van der Waals surface area contributed by atoms with Gasteiger partial charge in [-0.25, -0.2) is 4.79 Å². The van der Waals surface area contributed by atoms with Crippen molar-refractivity contribution in [1.82, 2.24) is 10.6 Å². The monoisotopic (exact) mass is 253 g/mol. The minimum Gasteiger partial charge on any atom is -0.444 e.